The number of aliphatic hydroxyl groups excluding tert-OH is 1. The van der Waals surface area contributed by atoms with E-state index >= 15 is 0 Å². The van der Waals surface area contributed by atoms with Gasteiger partial charge in [0.2, 0.25) is 0 Å². The first-order chi connectivity index (χ1) is 3.81. The summed E-state index contributed by atoms with van der Waals surface area (Å²) in [5.74, 6) is 0. The molecule has 8 heavy (non-hydrogen) atoms. The van der Waals surface area contributed by atoms with Crippen LogP contribution in [0.3, 0.4) is 0 Å². The van der Waals surface area contributed by atoms with Crippen molar-refractivity contribution in [2.45, 2.75) is 13.0 Å². The molecule has 0 bridgehead atoms. The molecule has 0 aromatic heterocycles. The molecule has 0 unspecified atom stereocenters. The third kappa shape index (κ3) is 3.77. The van der Waals surface area contributed by atoms with Gasteiger partial charge >= 0.3 is 0 Å². The van der Waals surface area contributed by atoms with Crippen molar-refractivity contribution in [3.8, 4) is 0 Å². The van der Waals surface area contributed by atoms with Crippen molar-refractivity contribution in [2.24, 2.45) is 0 Å². The number of nitrogens with one attached hydrogen (secondary N) is 1. The molecule has 0 saturated heterocycles. The molecule has 0 radical (unpaired) electrons. The Morgan fingerprint density at radius 1 is 1.88 bits per heavy atom. The van der Waals surface area contributed by atoms with E-state index in [9.17, 15) is 4.79 Å². The van der Waals surface area contributed by atoms with Gasteiger partial charge in [0.1, 0.15) is 12.4 Å². The second-order valence-corrected chi connectivity index (χ2v) is 1.51. The first-order valence-corrected chi connectivity index (χ1v) is 2.65. The Kier molecular flexibility index (Phi) is 4.50. The van der Waals surface area contributed by atoms with E-state index in [1.807, 2.05) is 6.92 Å². The van der Waals surface area contributed by atoms with Gasteiger partial charge in [-0.1, -0.05) is 6.92 Å². The summed E-state index contributed by atoms with van der Waals surface area (Å²) in [4.78, 5) is 9.72. The Hall–Kier alpha value is -0.410. The Morgan fingerprint density at radius 2 is 2.50 bits per heavy atom. The molecule has 0 amide bonds. The van der Waals surface area contributed by atoms with Gasteiger partial charge in [-0.15, -0.1) is 0 Å². The van der Waals surface area contributed by atoms with Crippen LogP contribution in [0.25, 0.3) is 0 Å². The molecule has 1 atom stereocenters. The number of likely N-dealkylation sites (N-methyl/N-ethyl adjacent to an activating group) is 1. The van der Waals surface area contributed by atoms with E-state index in [4.69, 9.17) is 5.11 Å². The lowest BCUT2D eigenvalue weighted by Crippen LogP contribution is -2.27. The molecule has 0 aromatic carbocycles. The number of rotatable bonds is 4. The largest absolute Gasteiger partial charge is 0.384 e. The van der Waals surface area contributed by atoms with Crippen molar-refractivity contribution in [2.75, 3.05) is 13.1 Å². The Bertz CT molecular complexity index is 65.4. The third-order valence-corrected chi connectivity index (χ3v) is 0.761. The quantitative estimate of drug-likeness (QED) is 0.472. The Balaban J connectivity index is 2.98. The van der Waals surface area contributed by atoms with Crippen LogP contribution in [0.2, 0.25) is 0 Å². The monoisotopic (exact) mass is 117 g/mol. The summed E-state index contributed by atoms with van der Waals surface area (Å²) >= 11 is 0. The Labute approximate surface area is 48.7 Å². The smallest absolute Gasteiger partial charge is 0.149 e. The van der Waals surface area contributed by atoms with Crippen LogP contribution >= 0.6 is 0 Å². The van der Waals surface area contributed by atoms with Crippen molar-refractivity contribution in [3.63, 3.8) is 0 Å². The highest BCUT2D eigenvalue weighted by atomic mass is 16.3. The molecule has 0 aliphatic carbocycles. The maximum atomic E-state index is 9.72. The number of carbonyl (C=O) groups excluding carboxylic acids is 1. The lowest BCUT2D eigenvalue weighted by molar-refractivity contribution is -0.114. The van der Waals surface area contributed by atoms with Crippen molar-refractivity contribution in [1.29, 1.82) is 0 Å². The van der Waals surface area contributed by atoms with Crippen LogP contribution in [0, 0.1) is 0 Å². The van der Waals surface area contributed by atoms with Gasteiger partial charge in [0, 0.05) is 6.54 Å². The number of aldehydes is 1. The summed E-state index contributed by atoms with van der Waals surface area (Å²) in [5.41, 5.74) is 0. The van der Waals surface area contributed by atoms with Gasteiger partial charge in [-0.05, 0) is 6.54 Å². The summed E-state index contributed by atoms with van der Waals surface area (Å²) in [6.07, 6.45) is -0.321. The molecule has 0 aliphatic heterocycles. The molecule has 2 N–H and O–H groups in total. The van der Waals surface area contributed by atoms with Crippen molar-refractivity contribution in [3.05, 3.63) is 0 Å². The number of carbonyl (C=O) groups is 1. The molecule has 0 saturated carbocycles. The minimum absolute atomic E-state index is 0.361. The summed E-state index contributed by atoms with van der Waals surface area (Å²) in [6, 6.07) is 0. The van der Waals surface area contributed by atoms with Crippen molar-refractivity contribution in [1.82, 2.24) is 5.32 Å². The lowest BCUT2D eigenvalue weighted by atomic mass is 10.4. The van der Waals surface area contributed by atoms with Crippen LogP contribution in [0.15, 0.2) is 0 Å². The molecule has 3 heteroatoms. The molecule has 0 aliphatic rings. The summed E-state index contributed by atoms with van der Waals surface area (Å²) in [6.45, 7) is 3.06. The predicted octanol–water partition coefficient (Wildman–Crippen LogP) is -0.844. The summed E-state index contributed by atoms with van der Waals surface area (Å²) in [5, 5.41) is 11.4. The molecule has 0 aromatic rings. The molecular weight excluding hydrogens is 106 g/mol. The first-order valence-electron chi connectivity index (χ1n) is 2.65. The van der Waals surface area contributed by atoms with Crippen LogP contribution in [0.4, 0.5) is 0 Å². The highest BCUT2D eigenvalue weighted by Gasteiger charge is 1.96. The maximum Gasteiger partial charge on any atom is 0.149 e. The van der Waals surface area contributed by atoms with Gasteiger partial charge in [0.25, 0.3) is 0 Å². The number of hydrogen-bond donors (Lipinski definition) is 2. The second-order valence-electron chi connectivity index (χ2n) is 1.51. The minimum Gasteiger partial charge on any atom is -0.384 e. The van der Waals surface area contributed by atoms with Gasteiger partial charge < -0.3 is 15.2 Å². The zero-order chi connectivity index (χ0) is 6.41. The van der Waals surface area contributed by atoms with Gasteiger partial charge in [-0.3, -0.25) is 0 Å². The fourth-order valence-electron chi connectivity index (χ4n) is 0.340. The van der Waals surface area contributed by atoms with Crippen LogP contribution in [0.1, 0.15) is 6.92 Å². The summed E-state index contributed by atoms with van der Waals surface area (Å²) in [7, 11) is 0. The van der Waals surface area contributed by atoms with Crippen LogP contribution < -0.4 is 5.32 Å². The van der Waals surface area contributed by atoms with Crippen LogP contribution in [0.5, 0.6) is 0 Å². The van der Waals surface area contributed by atoms with E-state index in [1.54, 1.807) is 0 Å². The van der Waals surface area contributed by atoms with E-state index in [2.05, 4.69) is 5.32 Å². The van der Waals surface area contributed by atoms with Gasteiger partial charge in [0.15, 0.2) is 0 Å². The average Bonchev–Trinajstić information content (AvgIpc) is 1.83. The molecule has 48 valence electrons. The Morgan fingerprint density at radius 3 is 2.88 bits per heavy atom. The van der Waals surface area contributed by atoms with E-state index in [-0.39, 0.29) is 0 Å². The molecule has 3 nitrogen and oxygen atoms in total. The normalized spacial score (nSPS) is 13.2. The molecule has 0 heterocycles. The zero-order valence-corrected chi connectivity index (χ0v) is 4.92. The minimum atomic E-state index is -0.838. The van der Waals surface area contributed by atoms with Crippen LogP contribution in [-0.2, 0) is 4.79 Å². The molecule has 0 spiro atoms. The van der Waals surface area contributed by atoms with Gasteiger partial charge in [-0.25, -0.2) is 0 Å². The average molecular weight is 117 g/mol. The second kappa shape index (κ2) is 4.74. The van der Waals surface area contributed by atoms with Crippen molar-refractivity contribution >= 4 is 6.29 Å². The molecule has 0 fully saturated rings. The van der Waals surface area contributed by atoms with Crippen LogP contribution in [-0.4, -0.2) is 30.6 Å². The number of hydrogen-bond acceptors (Lipinski definition) is 3. The third-order valence-electron chi connectivity index (χ3n) is 0.761. The van der Waals surface area contributed by atoms with Gasteiger partial charge in [0.05, 0.1) is 0 Å². The number of aliphatic hydroxyl groups is 1. The fourth-order valence-corrected chi connectivity index (χ4v) is 0.340. The fraction of sp³-hybridized carbons (Fsp3) is 0.800. The van der Waals surface area contributed by atoms with Crippen molar-refractivity contribution < 1.29 is 9.90 Å². The standard InChI is InChI=1S/C5H11NO2/c1-2-6-3-5(8)4-7/h4-6,8H,2-3H2,1H3/t5-/m1/s1. The van der Waals surface area contributed by atoms with E-state index in [1.165, 1.54) is 0 Å². The summed E-state index contributed by atoms with van der Waals surface area (Å²) < 4.78 is 0. The van der Waals surface area contributed by atoms with E-state index in [0.717, 1.165) is 6.54 Å². The lowest BCUT2D eigenvalue weighted by Gasteiger charge is -2.00. The van der Waals surface area contributed by atoms with Gasteiger partial charge in [-0.2, -0.15) is 0 Å². The molecule has 0 rings (SSSR count). The maximum absolute atomic E-state index is 9.72. The SMILES string of the molecule is CCNC[C@@H](O)C=O. The zero-order valence-electron chi connectivity index (χ0n) is 4.92. The van der Waals surface area contributed by atoms with E-state index in [0.29, 0.717) is 12.8 Å². The molecular formula is C5H11NO2. The predicted molar refractivity (Wildman–Crippen MR) is 30.6 cm³/mol. The highest BCUT2D eigenvalue weighted by molar-refractivity contribution is 5.55. The van der Waals surface area contributed by atoms with E-state index < -0.39 is 6.10 Å². The highest BCUT2D eigenvalue weighted by Crippen LogP contribution is 1.69. The topological polar surface area (TPSA) is 49.3 Å². The first kappa shape index (κ1) is 7.59.